The Morgan fingerprint density at radius 3 is 2.55 bits per heavy atom. The van der Waals surface area contributed by atoms with E-state index in [1.807, 2.05) is 13.8 Å². The van der Waals surface area contributed by atoms with Crippen molar-refractivity contribution in [2.75, 3.05) is 6.61 Å². The summed E-state index contributed by atoms with van der Waals surface area (Å²) in [6, 6.07) is 12.7. The van der Waals surface area contributed by atoms with E-state index >= 15 is 0 Å². The molecule has 0 bridgehead atoms. The molecule has 1 unspecified atom stereocenters. The number of rotatable bonds is 7. The lowest BCUT2D eigenvalue weighted by molar-refractivity contribution is -0.140. The predicted octanol–water partition coefficient (Wildman–Crippen LogP) is 4.53. The fourth-order valence-corrected chi connectivity index (χ4v) is 3.51. The molecular weight excluding hydrogens is 398 g/mol. The van der Waals surface area contributed by atoms with Crippen molar-refractivity contribution >= 4 is 17.4 Å². The molecule has 3 heterocycles. The number of benzene rings is 1. The quantitative estimate of drug-likeness (QED) is 0.342. The van der Waals surface area contributed by atoms with Crippen LogP contribution in [0.2, 0.25) is 0 Å². The summed E-state index contributed by atoms with van der Waals surface area (Å²) >= 11 is 0. The third-order valence-electron chi connectivity index (χ3n) is 4.95. The Morgan fingerprint density at radius 1 is 1.10 bits per heavy atom. The monoisotopic (exact) mass is 421 g/mol. The van der Waals surface area contributed by atoms with E-state index in [0.717, 1.165) is 0 Å². The van der Waals surface area contributed by atoms with Gasteiger partial charge in [-0.05, 0) is 42.3 Å². The maximum atomic E-state index is 13.0. The predicted molar refractivity (Wildman–Crippen MR) is 112 cm³/mol. The lowest BCUT2D eigenvalue weighted by Crippen LogP contribution is -2.28. The fourth-order valence-electron chi connectivity index (χ4n) is 3.51. The molecule has 0 aliphatic carbocycles. The Morgan fingerprint density at radius 2 is 1.87 bits per heavy atom. The molecule has 3 aromatic rings. The van der Waals surface area contributed by atoms with Gasteiger partial charge >= 0.3 is 0 Å². The molecule has 1 saturated heterocycles. The number of likely N-dealkylation sites (tertiary alicyclic amines) is 1. The molecule has 1 aliphatic heterocycles. The summed E-state index contributed by atoms with van der Waals surface area (Å²) < 4.78 is 16.6. The van der Waals surface area contributed by atoms with Crippen LogP contribution in [-0.4, -0.2) is 28.3 Å². The second-order valence-corrected chi connectivity index (χ2v) is 7.75. The average molecular weight is 421 g/mol. The second-order valence-electron chi connectivity index (χ2n) is 7.75. The second kappa shape index (κ2) is 8.55. The van der Waals surface area contributed by atoms with Crippen LogP contribution in [0.25, 0.3) is 5.76 Å². The summed E-state index contributed by atoms with van der Waals surface area (Å²) in [5.74, 6) is 0.00417. The van der Waals surface area contributed by atoms with Crippen LogP contribution in [0.4, 0.5) is 0 Å². The number of Topliss-reactive ketones (excluding diaryl/α,β-unsaturated/α-hetero) is 1. The van der Waals surface area contributed by atoms with Gasteiger partial charge in [-0.25, -0.2) is 0 Å². The number of hydrogen-bond acceptors (Lipinski definition) is 6. The van der Waals surface area contributed by atoms with Gasteiger partial charge < -0.3 is 23.6 Å². The highest BCUT2D eigenvalue weighted by atomic mass is 16.5. The molecule has 1 N–H and O–H groups in total. The minimum absolute atomic E-state index is 0.0347. The summed E-state index contributed by atoms with van der Waals surface area (Å²) in [5.41, 5.74) is 0.348. The van der Waals surface area contributed by atoms with Crippen molar-refractivity contribution in [3.8, 4) is 5.75 Å². The van der Waals surface area contributed by atoms with Gasteiger partial charge in [0, 0.05) is 5.56 Å². The zero-order valence-corrected chi connectivity index (χ0v) is 17.3. The van der Waals surface area contributed by atoms with E-state index in [1.54, 1.807) is 48.5 Å². The molecule has 0 saturated carbocycles. The normalized spacial score (nSPS) is 18.2. The highest BCUT2D eigenvalue weighted by Gasteiger charge is 2.47. The van der Waals surface area contributed by atoms with Crippen molar-refractivity contribution in [3.63, 3.8) is 0 Å². The number of ketones is 1. The van der Waals surface area contributed by atoms with Crippen molar-refractivity contribution in [1.29, 1.82) is 0 Å². The molecule has 31 heavy (non-hydrogen) atoms. The molecule has 2 aromatic heterocycles. The Hall–Kier alpha value is -3.74. The first kappa shape index (κ1) is 20.5. The summed E-state index contributed by atoms with van der Waals surface area (Å²) in [4.78, 5) is 27.1. The summed E-state index contributed by atoms with van der Waals surface area (Å²) in [6.45, 7) is 4.66. The Kier molecular flexibility index (Phi) is 5.66. The van der Waals surface area contributed by atoms with Crippen LogP contribution < -0.4 is 4.74 Å². The van der Waals surface area contributed by atoms with Gasteiger partial charge in [-0.15, -0.1) is 0 Å². The molecule has 160 valence electrons. The van der Waals surface area contributed by atoms with Crippen molar-refractivity contribution in [1.82, 2.24) is 4.90 Å². The van der Waals surface area contributed by atoms with Gasteiger partial charge in [-0.1, -0.05) is 26.0 Å². The van der Waals surface area contributed by atoms with Crippen molar-refractivity contribution in [3.05, 3.63) is 83.7 Å². The number of hydrogen-bond donors (Lipinski definition) is 1. The Balaban J connectivity index is 1.76. The molecule has 7 nitrogen and oxygen atoms in total. The van der Waals surface area contributed by atoms with E-state index in [9.17, 15) is 14.7 Å². The highest BCUT2D eigenvalue weighted by Crippen LogP contribution is 2.40. The zero-order valence-electron chi connectivity index (χ0n) is 17.3. The number of carbonyl (C=O) groups is 2. The lowest BCUT2D eigenvalue weighted by Gasteiger charge is -2.22. The van der Waals surface area contributed by atoms with Gasteiger partial charge in [0.05, 0.1) is 31.3 Å². The fraction of sp³-hybridized carbons (Fsp3) is 0.250. The smallest absolute Gasteiger partial charge is 0.296 e. The highest BCUT2D eigenvalue weighted by molar-refractivity contribution is 6.46. The van der Waals surface area contributed by atoms with E-state index in [1.165, 1.54) is 17.4 Å². The average Bonchev–Trinajstić information content (AvgIpc) is 3.51. The third kappa shape index (κ3) is 4.12. The maximum absolute atomic E-state index is 13.0. The van der Waals surface area contributed by atoms with Crippen LogP contribution in [0, 0.1) is 5.92 Å². The Labute approximate surface area is 179 Å². The number of amides is 1. The number of furan rings is 2. The van der Waals surface area contributed by atoms with Gasteiger partial charge in [0.1, 0.15) is 29.1 Å². The van der Waals surface area contributed by atoms with Gasteiger partial charge in [0.25, 0.3) is 11.7 Å². The van der Waals surface area contributed by atoms with Crippen LogP contribution in [0.15, 0.2) is 75.5 Å². The number of carbonyl (C=O) groups excluding carboxylic acids is 2. The standard InChI is InChI=1S/C24H23NO6/c1-15(2)14-31-17-7-3-6-16(12-17)22(26)20-21(19-9-5-11-30-19)25(24(28)23(20)27)13-18-8-4-10-29-18/h3-12,15,21,26H,13-14H2,1-2H3/b22-20-. The zero-order chi connectivity index (χ0) is 22.0. The van der Waals surface area contributed by atoms with Gasteiger partial charge in [-0.3, -0.25) is 9.59 Å². The van der Waals surface area contributed by atoms with E-state index in [0.29, 0.717) is 35.4 Å². The molecule has 1 atom stereocenters. The molecule has 4 rings (SSSR count). The Bertz CT molecular complexity index is 1100. The van der Waals surface area contributed by atoms with Crippen LogP contribution in [-0.2, 0) is 16.1 Å². The number of ether oxygens (including phenoxy) is 1. The number of aliphatic hydroxyl groups is 1. The minimum atomic E-state index is -0.875. The van der Waals surface area contributed by atoms with Gasteiger partial charge in [-0.2, -0.15) is 0 Å². The molecule has 7 heteroatoms. The third-order valence-corrected chi connectivity index (χ3v) is 4.95. The topological polar surface area (TPSA) is 93.1 Å². The number of aliphatic hydroxyl groups excluding tert-OH is 1. The lowest BCUT2D eigenvalue weighted by atomic mass is 9.99. The molecule has 0 spiro atoms. The molecule has 1 amide bonds. The summed E-state index contributed by atoms with van der Waals surface area (Å²) in [7, 11) is 0. The first-order valence-corrected chi connectivity index (χ1v) is 10.0. The largest absolute Gasteiger partial charge is 0.507 e. The van der Waals surface area contributed by atoms with Crippen LogP contribution in [0.5, 0.6) is 5.75 Å². The SMILES string of the molecule is CC(C)COc1cccc(/C(O)=C2/C(=O)C(=O)N(Cc3ccco3)C2c2ccco2)c1. The van der Waals surface area contributed by atoms with Crippen molar-refractivity contribution < 1.29 is 28.3 Å². The molecule has 1 fully saturated rings. The first-order chi connectivity index (χ1) is 15.0. The van der Waals surface area contributed by atoms with E-state index in [2.05, 4.69) is 0 Å². The van der Waals surface area contributed by atoms with Crippen molar-refractivity contribution in [2.24, 2.45) is 5.92 Å². The van der Waals surface area contributed by atoms with Crippen LogP contribution in [0.3, 0.4) is 0 Å². The van der Waals surface area contributed by atoms with E-state index in [-0.39, 0.29) is 17.9 Å². The summed E-state index contributed by atoms with van der Waals surface area (Å²) in [5, 5.41) is 11.1. The number of nitrogens with zero attached hydrogens (tertiary/aromatic N) is 1. The van der Waals surface area contributed by atoms with Gasteiger partial charge in [0.2, 0.25) is 0 Å². The molecule has 0 radical (unpaired) electrons. The van der Waals surface area contributed by atoms with E-state index in [4.69, 9.17) is 13.6 Å². The molecular formula is C24H23NO6. The molecule has 1 aromatic carbocycles. The van der Waals surface area contributed by atoms with E-state index < -0.39 is 17.7 Å². The van der Waals surface area contributed by atoms with Crippen LogP contribution in [0.1, 0.15) is 37.0 Å². The minimum Gasteiger partial charge on any atom is -0.507 e. The maximum Gasteiger partial charge on any atom is 0.296 e. The van der Waals surface area contributed by atoms with Crippen LogP contribution >= 0.6 is 0 Å². The summed E-state index contributed by atoms with van der Waals surface area (Å²) in [6.07, 6.45) is 2.96. The first-order valence-electron chi connectivity index (χ1n) is 10.0. The van der Waals surface area contributed by atoms with Gasteiger partial charge in [0.15, 0.2) is 0 Å². The van der Waals surface area contributed by atoms with Crippen molar-refractivity contribution in [2.45, 2.75) is 26.4 Å². The molecule has 1 aliphatic rings.